The number of aliphatic hydroxyl groups is 1. The van der Waals surface area contributed by atoms with Crippen molar-refractivity contribution in [2.75, 3.05) is 0 Å². The van der Waals surface area contributed by atoms with Crippen molar-refractivity contribution in [1.29, 1.82) is 0 Å². The second kappa shape index (κ2) is 5.83. The van der Waals surface area contributed by atoms with Gasteiger partial charge in [-0.2, -0.15) is 0 Å². The zero-order valence-electron chi connectivity index (χ0n) is 15.4. The molecular weight excluding hydrogens is 325 g/mol. The van der Waals surface area contributed by atoms with Gasteiger partial charge < -0.3 is 14.2 Å². The van der Waals surface area contributed by atoms with E-state index >= 15 is 0 Å². The molecule has 5 heteroatoms. The summed E-state index contributed by atoms with van der Waals surface area (Å²) in [5.41, 5.74) is 0.428. The van der Waals surface area contributed by atoms with Crippen molar-refractivity contribution in [1.82, 2.24) is 4.98 Å². The van der Waals surface area contributed by atoms with Crippen molar-refractivity contribution in [2.24, 2.45) is 0 Å². The number of rotatable bonds is 4. The lowest BCUT2D eigenvalue weighted by molar-refractivity contribution is -0.0893. The van der Waals surface area contributed by atoms with E-state index in [-0.39, 0.29) is 0 Å². The molecule has 0 aliphatic rings. The lowest BCUT2D eigenvalue weighted by atomic mass is 9.81. The lowest BCUT2D eigenvalue weighted by Gasteiger charge is -2.37. The molecule has 0 unspecified atom stereocenters. The maximum absolute atomic E-state index is 10.3. The molecule has 0 aliphatic carbocycles. The van der Waals surface area contributed by atoms with Gasteiger partial charge in [0.2, 0.25) is 5.71 Å². The predicted octanol–water partition coefficient (Wildman–Crippen LogP) is 3.94. The quantitative estimate of drug-likeness (QED) is 0.569. The molecule has 2 aromatic carbocycles. The van der Waals surface area contributed by atoms with Gasteiger partial charge in [-0.1, -0.05) is 30.3 Å². The standard InChI is InChI=1S/C21H21BNO3/c1-20(2,24)21(3,4)26-22-16-12-13-8-5-6-9-14(13)17-15-10-7-11-23-19(15)25-18(16)17/h5-12,24H,1-4H3. The summed E-state index contributed by atoms with van der Waals surface area (Å²) >= 11 is 0. The van der Waals surface area contributed by atoms with Crippen LogP contribution in [0.3, 0.4) is 0 Å². The van der Waals surface area contributed by atoms with Crippen molar-refractivity contribution in [3.8, 4) is 0 Å². The molecule has 0 saturated carbocycles. The van der Waals surface area contributed by atoms with Gasteiger partial charge in [0.25, 0.3) is 0 Å². The SMILES string of the molecule is CC(C)(O)C(C)(C)O[B]c1cc2ccccc2c2c1oc1ncccc12. The minimum Gasteiger partial charge on any atom is -0.438 e. The van der Waals surface area contributed by atoms with Crippen molar-refractivity contribution < 1.29 is 14.2 Å². The Labute approximate surface area is 153 Å². The van der Waals surface area contributed by atoms with Crippen molar-refractivity contribution in [3.05, 3.63) is 48.7 Å². The highest BCUT2D eigenvalue weighted by molar-refractivity contribution is 6.52. The van der Waals surface area contributed by atoms with Gasteiger partial charge in [-0.15, -0.1) is 0 Å². The van der Waals surface area contributed by atoms with Gasteiger partial charge in [-0.05, 0) is 56.1 Å². The molecule has 0 bridgehead atoms. The van der Waals surface area contributed by atoms with Gasteiger partial charge in [0.05, 0.1) is 11.2 Å². The zero-order valence-corrected chi connectivity index (χ0v) is 15.4. The average molecular weight is 346 g/mol. The third kappa shape index (κ3) is 2.68. The lowest BCUT2D eigenvalue weighted by Crippen LogP contribution is -2.49. The summed E-state index contributed by atoms with van der Waals surface area (Å²) in [6, 6.07) is 14.2. The predicted molar refractivity (Wildman–Crippen MR) is 106 cm³/mol. The Balaban J connectivity index is 1.91. The van der Waals surface area contributed by atoms with E-state index in [9.17, 15) is 5.11 Å². The Kier molecular flexibility index (Phi) is 3.83. The van der Waals surface area contributed by atoms with E-state index in [1.807, 2.05) is 44.2 Å². The highest BCUT2D eigenvalue weighted by Crippen LogP contribution is 2.33. The van der Waals surface area contributed by atoms with Crippen molar-refractivity contribution in [2.45, 2.75) is 38.9 Å². The molecule has 2 aromatic heterocycles. The van der Waals surface area contributed by atoms with Gasteiger partial charge in [0.15, 0.2) is 0 Å². The molecule has 2 heterocycles. The van der Waals surface area contributed by atoms with Crippen LogP contribution >= 0.6 is 0 Å². The van der Waals surface area contributed by atoms with Gasteiger partial charge in [-0.25, -0.2) is 4.98 Å². The fourth-order valence-corrected chi connectivity index (χ4v) is 2.93. The summed E-state index contributed by atoms with van der Waals surface area (Å²) < 4.78 is 12.0. The molecule has 4 aromatic rings. The second-order valence-corrected chi connectivity index (χ2v) is 7.65. The topological polar surface area (TPSA) is 55.5 Å². The van der Waals surface area contributed by atoms with E-state index in [4.69, 9.17) is 9.07 Å². The average Bonchev–Trinajstić information content (AvgIpc) is 2.98. The molecular formula is C21H21BNO3. The van der Waals surface area contributed by atoms with Gasteiger partial charge in [0, 0.05) is 17.0 Å². The molecule has 131 valence electrons. The summed E-state index contributed by atoms with van der Waals surface area (Å²) in [6.45, 7) is 7.20. The number of fused-ring (bicyclic) bond motifs is 5. The van der Waals surface area contributed by atoms with Gasteiger partial charge in [-0.3, -0.25) is 0 Å². The van der Waals surface area contributed by atoms with Crippen LogP contribution in [0.1, 0.15) is 27.7 Å². The normalized spacial score (nSPS) is 13.0. The van der Waals surface area contributed by atoms with E-state index in [1.54, 1.807) is 27.5 Å². The number of furan rings is 1. The van der Waals surface area contributed by atoms with Crippen molar-refractivity contribution >= 4 is 45.8 Å². The summed E-state index contributed by atoms with van der Waals surface area (Å²) in [4.78, 5) is 4.35. The Hall–Kier alpha value is -2.37. The molecule has 0 spiro atoms. The van der Waals surface area contributed by atoms with Crippen molar-refractivity contribution in [3.63, 3.8) is 0 Å². The molecule has 4 nitrogen and oxygen atoms in total. The first kappa shape index (κ1) is 17.1. The minimum atomic E-state index is -0.991. The summed E-state index contributed by atoms with van der Waals surface area (Å²) in [5.74, 6) is 0. The van der Waals surface area contributed by atoms with Crippen LogP contribution in [-0.4, -0.2) is 28.8 Å². The fraction of sp³-hybridized carbons (Fsp3) is 0.286. The third-order valence-corrected chi connectivity index (χ3v) is 5.22. The first-order valence-corrected chi connectivity index (χ1v) is 8.70. The number of pyridine rings is 1. The number of hydrogen-bond acceptors (Lipinski definition) is 4. The first-order valence-electron chi connectivity index (χ1n) is 8.70. The Bertz CT molecular complexity index is 1110. The number of hydrogen-bond donors (Lipinski definition) is 1. The maximum Gasteiger partial charge on any atom is 0.334 e. The van der Waals surface area contributed by atoms with E-state index in [0.717, 1.165) is 32.6 Å². The Morgan fingerprint density at radius 1 is 1.04 bits per heavy atom. The van der Waals surface area contributed by atoms with Crippen LogP contribution in [0.25, 0.3) is 32.8 Å². The summed E-state index contributed by atoms with van der Waals surface area (Å²) in [6.07, 6.45) is 1.73. The molecule has 4 rings (SSSR count). The fourth-order valence-electron chi connectivity index (χ4n) is 2.93. The van der Waals surface area contributed by atoms with Crippen LogP contribution in [0.4, 0.5) is 0 Å². The van der Waals surface area contributed by atoms with E-state index in [2.05, 4.69) is 17.1 Å². The van der Waals surface area contributed by atoms with E-state index in [1.165, 1.54) is 0 Å². The first-order chi connectivity index (χ1) is 12.3. The molecule has 0 amide bonds. The molecule has 0 saturated heterocycles. The highest BCUT2D eigenvalue weighted by Gasteiger charge is 2.36. The molecule has 0 aliphatic heterocycles. The molecule has 1 radical (unpaired) electrons. The van der Waals surface area contributed by atoms with E-state index < -0.39 is 11.2 Å². The second-order valence-electron chi connectivity index (χ2n) is 7.65. The van der Waals surface area contributed by atoms with Crippen LogP contribution in [0.5, 0.6) is 0 Å². The minimum absolute atomic E-state index is 0.607. The van der Waals surface area contributed by atoms with Gasteiger partial charge in [0.1, 0.15) is 5.58 Å². The number of aromatic nitrogens is 1. The Morgan fingerprint density at radius 3 is 2.54 bits per heavy atom. The summed E-state index contributed by atoms with van der Waals surface area (Å²) in [5, 5.41) is 14.6. The molecule has 1 N–H and O–H groups in total. The van der Waals surface area contributed by atoms with Crippen LogP contribution in [-0.2, 0) is 4.65 Å². The monoisotopic (exact) mass is 346 g/mol. The largest absolute Gasteiger partial charge is 0.438 e. The van der Waals surface area contributed by atoms with E-state index in [0.29, 0.717) is 5.71 Å². The van der Waals surface area contributed by atoms with Crippen LogP contribution < -0.4 is 5.46 Å². The zero-order chi connectivity index (χ0) is 18.5. The number of nitrogens with zero attached hydrogens (tertiary/aromatic N) is 1. The van der Waals surface area contributed by atoms with Gasteiger partial charge >= 0.3 is 7.48 Å². The Morgan fingerprint density at radius 2 is 1.77 bits per heavy atom. The smallest absolute Gasteiger partial charge is 0.334 e. The van der Waals surface area contributed by atoms with Crippen LogP contribution in [0.2, 0.25) is 0 Å². The molecule has 26 heavy (non-hydrogen) atoms. The van der Waals surface area contributed by atoms with Crippen LogP contribution in [0, 0.1) is 0 Å². The molecule has 0 fully saturated rings. The highest BCUT2D eigenvalue weighted by atomic mass is 16.5. The molecule has 0 atom stereocenters. The number of benzene rings is 2. The third-order valence-electron chi connectivity index (χ3n) is 5.22. The van der Waals surface area contributed by atoms with Crippen LogP contribution in [0.15, 0.2) is 53.1 Å². The summed E-state index contributed by atoms with van der Waals surface area (Å²) in [7, 11) is 1.68. The maximum atomic E-state index is 10.3.